The Kier molecular flexibility index (Phi) is 5.52. The third-order valence-corrected chi connectivity index (χ3v) is 6.14. The molecule has 2 aromatic carbocycles. The number of para-hydroxylation sites is 1. The highest BCUT2D eigenvalue weighted by Crippen LogP contribution is 2.34. The van der Waals surface area contributed by atoms with Crippen LogP contribution in [-0.4, -0.2) is 16.5 Å². The lowest BCUT2D eigenvalue weighted by Crippen LogP contribution is -2.36. The Morgan fingerprint density at radius 2 is 1.79 bits per heavy atom. The van der Waals surface area contributed by atoms with Gasteiger partial charge < -0.3 is 9.88 Å². The first-order valence-electron chi connectivity index (χ1n) is 10.5. The van der Waals surface area contributed by atoms with Gasteiger partial charge in [-0.05, 0) is 37.0 Å². The maximum absolute atomic E-state index is 13.0. The summed E-state index contributed by atoms with van der Waals surface area (Å²) in [4.78, 5) is 13.0. The largest absolute Gasteiger partial charge is 0.353 e. The van der Waals surface area contributed by atoms with Crippen molar-refractivity contribution in [1.82, 2.24) is 9.88 Å². The van der Waals surface area contributed by atoms with Crippen LogP contribution in [0.15, 0.2) is 54.7 Å². The van der Waals surface area contributed by atoms with E-state index in [1.165, 1.54) is 46.9 Å². The molecule has 1 N–H and O–H groups in total. The zero-order valence-corrected chi connectivity index (χ0v) is 16.9. The first-order chi connectivity index (χ1) is 13.6. The topological polar surface area (TPSA) is 34.0 Å². The normalized spacial score (nSPS) is 16.2. The molecule has 1 aliphatic rings. The molecular weight excluding hydrogens is 344 g/mol. The number of fused-ring (bicyclic) bond motifs is 1. The van der Waals surface area contributed by atoms with Crippen LogP contribution in [0.2, 0.25) is 0 Å². The van der Waals surface area contributed by atoms with Gasteiger partial charge in [-0.2, -0.15) is 0 Å². The Hall–Kier alpha value is -2.55. The van der Waals surface area contributed by atoms with Gasteiger partial charge in [0.15, 0.2) is 0 Å². The molecule has 28 heavy (non-hydrogen) atoms. The van der Waals surface area contributed by atoms with E-state index < -0.39 is 0 Å². The molecule has 0 spiro atoms. The molecule has 3 heteroatoms. The quantitative estimate of drug-likeness (QED) is 0.632. The second kappa shape index (κ2) is 8.22. The molecule has 3 nitrogen and oxygen atoms in total. The third-order valence-electron chi connectivity index (χ3n) is 6.14. The summed E-state index contributed by atoms with van der Waals surface area (Å²) in [6.07, 6.45) is 8.70. The molecule has 1 heterocycles. The summed E-state index contributed by atoms with van der Waals surface area (Å²) < 4.78 is 2.17. The summed E-state index contributed by atoms with van der Waals surface area (Å²) in [7, 11) is 2.08. The first-order valence-corrected chi connectivity index (χ1v) is 10.5. The molecule has 146 valence electrons. The minimum Gasteiger partial charge on any atom is -0.353 e. The number of aryl methyl sites for hydroxylation is 2. The third kappa shape index (κ3) is 3.99. The van der Waals surface area contributed by atoms with Gasteiger partial charge >= 0.3 is 0 Å². The number of carbonyl (C=O) groups excluding carboxylic acids is 1. The predicted molar refractivity (Wildman–Crippen MR) is 116 cm³/mol. The van der Waals surface area contributed by atoms with Gasteiger partial charge in [-0.3, -0.25) is 4.79 Å². The molecule has 1 atom stereocenters. The second-order valence-electron chi connectivity index (χ2n) is 8.28. The molecule has 1 saturated carbocycles. The van der Waals surface area contributed by atoms with E-state index in [1.54, 1.807) is 0 Å². The zero-order valence-electron chi connectivity index (χ0n) is 16.9. The molecule has 0 saturated heterocycles. The molecule has 4 rings (SSSR count). The van der Waals surface area contributed by atoms with Gasteiger partial charge in [-0.15, -0.1) is 0 Å². The molecule has 3 aromatic rings. The Labute approximate surface area is 167 Å². The van der Waals surface area contributed by atoms with Crippen molar-refractivity contribution >= 4 is 16.8 Å². The van der Waals surface area contributed by atoms with Crippen LogP contribution < -0.4 is 5.32 Å². The predicted octanol–water partition coefficient (Wildman–Crippen LogP) is 5.46. The van der Waals surface area contributed by atoms with Crippen molar-refractivity contribution in [3.8, 4) is 0 Å². The standard InChI is InChI=1S/C25H30N2O/c1-18-12-14-19(15-13-18)22(16-25(28)26-20-8-4-3-5-9-20)23-17-27(2)24-11-7-6-10-21(23)24/h6-7,10-15,17,20,22H,3-5,8-9,16H2,1-2H3,(H,26,28). The van der Waals surface area contributed by atoms with Gasteiger partial charge in [0, 0.05) is 42.5 Å². The molecular formula is C25H30N2O. The molecule has 0 aliphatic heterocycles. The molecule has 0 bridgehead atoms. The average Bonchev–Trinajstić information content (AvgIpc) is 3.04. The lowest BCUT2D eigenvalue weighted by atomic mass is 9.87. The van der Waals surface area contributed by atoms with Crippen LogP contribution in [0.5, 0.6) is 0 Å². The number of rotatable bonds is 5. The molecule has 1 unspecified atom stereocenters. The van der Waals surface area contributed by atoms with Crippen LogP contribution in [0.1, 0.15) is 61.1 Å². The van der Waals surface area contributed by atoms with Crippen LogP contribution in [-0.2, 0) is 11.8 Å². The number of nitrogens with one attached hydrogen (secondary N) is 1. The summed E-state index contributed by atoms with van der Waals surface area (Å²) >= 11 is 0. The molecule has 1 amide bonds. The fourth-order valence-electron chi connectivity index (χ4n) is 4.58. The van der Waals surface area contributed by atoms with Crippen LogP contribution >= 0.6 is 0 Å². The van der Waals surface area contributed by atoms with Gasteiger partial charge in [-0.1, -0.05) is 67.3 Å². The average molecular weight is 375 g/mol. The fourth-order valence-corrected chi connectivity index (χ4v) is 4.58. The van der Waals surface area contributed by atoms with Crippen molar-refractivity contribution in [1.29, 1.82) is 0 Å². The lowest BCUT2D eigenvalue weighted by Gasteiger charge is -2.24. The minimum absolute atomic E-state index is 0.0651. The van der Waals surface area contributed by atoms with E-state index >= 15 is 0 Å². The SMILES string of the molecule is Cc1ccc(C(CC(=O)NC2CCCCC2)c2cn(C)c3ccccc23)cc1. The highest BCUT2D eigenvalue weighted by atomic mass is 16.1. The molecule has 0 radical (unpaired) electrons. The van der Waals surface area contributed by atoms with Gasteiger partial charge in [0.25, 0.3) is 0 Å². The van der Waals surface area contributed by atoms with Crippen molar-refractivity contribution < 1.29 is 4.79 Å². The van der Waals surface area contributed by atoms with Crippen LogP contribution in [0, 0.1) is 6.92 Å². The van der Waals surface area contributed by atoms with E-state index in [2.05, 4.69) is 78.6 Å². The zero-order chi connectivity index (χ0) is 19.5. The smallest absolute Gasteiger partial charge is 0.221 e. The van der Waals surface area contributed by atoms with Crippen molar-refractivity contribution in [2.45, 2.75) is 57.4 Å². The highest BCUT2D eigenvalue weighted by molar-refractivity contribution is 5.86. The van der Waals surface area contributed by atoms with E-state index in [4.69, 9.17) is 0 Å². The second-order valence-corrected chi connectivity index (χ2v) is 8.28. The summed E-state index contributed by atoms with van der Waals surface area (Å²) in [6.45, 7) is 2.10. The van der Waals surface area contributed by atoms with Crippen LogP contribution in [0.3, 0.4) is 0 Å². The summed E-state index contributed by atoms with van der Waals surface area (Å²) in [5, 5.41) is 4.55. The fraction of sp³-hybridized carbons (Fsp3) is 0.400. The Balaban J connectivity index is 1.65. The lowest BCUT2D eigenvalue weighted by molar-refractivity contribution is -0.122. The van der Waals surface area contributed by atoms with Crippen LogP contribution in [0.25, 0.3) is 10.9 Å². The number of carbonyl (C=O) groups is 1. The van der Waals surface area contributed by atoms with E-state index in [9.17, 15) is 4.79 Å². The van der Waals surface area contributed by atoms with Gasteiger partial charge in [0.1, 0.15) is 0 Å². The maximum Gasteiger partial charge on any atom is 0.221 e. The van der Waals surface area contributed by atoms with Gasteiger partial charge in [-0.25, -0.2) is 0 Å². The van der Waals surface area contributed by atoms with E-state index in [0.29, 0.717) is 12.5 Å². The Bertz CT molecular complexity index is 948. The van der Waals surface area contributed by atoms with E-state index in [0.717, 1.165) is 12.8 Å². The number of nitrogens with zero attached hydrogens (tertiary/aromatic N) is 1. The Morgan fingerprint density at radius 1 is 1.07 bits per heavy atom. The van der Waals surface area contributed by atoms with Crippen LogP contribution in [0.4, 0.5) is 0 Å². The number of amides is 1. The van der Waals surface area contributed by atoms with E-state index in [-0.39, 0.29) is 11.8 Å². The Morgan fingerprint density at radius 3 is 2.54 bits per heavy atom. The highest BCUT2D eigenvalue weighted by Gasteiger charge is 2.24. The van der Waals surface area contributed by atoms with Gasteiger partial charge in [0.05, 0.1) is 0 Å². The monoisotopic (exact) mass is 374 g/mol. The summed E-state index contributed by atoms with van der Waals surface area (Å²) in [6, 6.07) is 17.5. The molecule has 1 aromatic heterocycles. The number of hydrogen-bond acceptors (Lipinski definition) is 1. The van der Waals surface area contributed by atoms with Crippen molar-refractivity contribution in [2.75, 3.05) is 0 Å². The summed E-state index contributed by atoms with van der Waals surface area (Å²) in [5.74, 6) is 0.237. The van der Waals surface area contributed by atoms with Gasteiger partial charge in [0.2, 0.25) is 5.91 Å². The molecule has 1 fully saturated rings. The number of hydrogen-bond donors (Lipinski definition) is 1. The summed E-state index contributed by atoms with van der Waals surface area (Å²) in [5.41, 5.74) is 4.90. The number of benzene rings is 2. The maximum atomic E-state index is 13.0. The van der Waals surface area contributed by atoms with E-state index in [1.807, 2.05) is 0 Å². The molecule has 1 aliphatic carbocycles. The first kappa shape index (κ1) is 18.8. The van der Waals surface area contributed by atoms with Crippen molar-refractivity contribution in [3.63, 3.8) is 0 Å². The number of aromatic nitrogens is 1. The minimum atomic E-state index is 0.0651. The van der Waals surface area contributed by atoms with Crippen molar-refractivity contribution in [2.24, 2.45) is 7.05 Å². The van der Waals surface area contributed by atoms with Crippen molar-refractivity contribution in [3.05, 3.63) is 71.4 Å².